The highest BCUT2D eigenvalue weighted by atomic mass is 79.9. The average Bonchev–Trinajstić information content (AvgIpc) is 2.82. The van der Waals surface area contributed by atoms with Gasteiger partial charge in [-0.15, -0.1) is 11.3 Å². The minimum Gasteiger partial charge on any atom is -0.444 e. The SMILES string of the molecule is Cc1nc2c(F)c(F)ccc2cc1Oc1sccc1Br. The lowest BCUT2D eigenvalue weighted by Crippen LogP contribution is -1.95. The predicted molar refractivity (Wildman–Crippen MR) is 78.5 cm³/mol. The van der Waals surface area contributed by atoms with Crippen LogP contribution in [0.5, 0.6) is 10.8 Å². The van der Waals surface area contributed by atoms with Gasteiger partial charge in [0.1, 0.15) is 5.52 Å². The van der Waals surface area contributed by atoms with E-state index in [1.807, 2.05) is 11.4 Å². The van der Waals surface area contributed by atoms with Crippen molar-refractivity contribution in [1.29, 1.82) is 0 Å². The smallest absolute Gasteiger partial charge is 0.195 e. The Morgan fingerprint density at radius 2 is 2.05 bits per heavy atom. The van der Waals surface area contributed by atoms with Crippen LogP contribution in [0.2, 0.25) is 0 Å². The van der Waals surface area contributed by atoms with Gasteiger partial charge in [-0.1, -0.05) is 0 Å². The summed E-state index contributed by atoms with van der Waals surface area (Å²) in [5.74, 6) is -1.32. The number of aryl methyl sites for hydroxylation is 1. The van der Waals surface area contributed by atoms with Gasteiger partial charge in [0.2, 0.25) is 0 Å². The lowest BCUT2D eigenvalue weighted by atomic mass is 10.2. The van der Waals surface area contributed by atoms with Gasteiger partial charge in [-0.25, -0.2) is 13.8 Å². The van der Waals surface area contributed by atoms with Crippen molar-refractivity contribution >= 4 is 38.2 Å². The number of aromatic nitrogens is 1. The van der Waals surface area contributed by atoms with Crippen LogP contribution in [0, 0.1) is 18.6 Å². The van der Waals surface area contributed by atoms with Crippen molar-refractivity contribution in [2.24, 2.45) is 0 Å². The summed E-state index contributed by atoms with van der Waals surface area (Å²) in [6.45, 7) is 1.70. The second-order valence-corrected chi connectivity index (χ2v) is 5.90. The van der Waals surface area contributed by atoms with Crippen LogP contribution >= 0.6 is 27.3 Å². The van der Waals surface area contributed by atoms with E-state index in [2.05, 4.69) is 20.9 Å². The average molecular weight is 356 g/mol. The van der Waals surface area contributed by atoms with Crippen molar-refractivity contribution in [2.45, 2.75) is 6.92 Å². The maximum Gasteiger partial charge on any atom is 0.195 e. The highest BCUT2D eigenvalue weighted by Gasteiger charge is 2.13. The summed E-state index contributed by atoms with van der Waals surface area (Å²) in [6.07, 6.45) is 0. The first-order chi connectivity index (χ1) is 9.56. The van der Waals surface area contributed by atoms with Crippen LogP contribution < -0.4 is 4.74 Å². The molecule has 0 radical (unpaired) electrons. The topological polar surface area (TPSA) is 22.1 Å². The first kappa shape index (κ1) is 13.5. The molecular weight excluding hydrogens is 348 g/mol. The van der Waals surface area contributed by atoms with Crippen molar-refractivity contribution in [2.75, 3.05) is 0 Å². The Morgan fingerprint density at radius 1 is 1.25 bits per heavy atom. The largest absolute Gasteiger partial charge is 0.444 e. The van der Waals surface area contributed by atoms with E-state index in [1.54, 1.807) is 13.0 Å². The zero-order valence-corrected chi connectivity index (χ0v) is 12.7. The van der Waals surface area contributed by atoms with Gasteiger partial charge in [0.15, 0.2) is 22.4 Å². The molecule has 2 nitrogen and oxygen atoms in total. The fraction of sp³-hybridized carbons (Fsp3) is 0.0714. The van der Waals surface area contributed by atoms with Crippen LogP contribution in [0.3, 0.4) is 0 Å². The van der Waals surface area contributed by atoms with Gasteiger partial charge in [-0.05, 0) is 52.5 Å². The van der Waals surface area contributed by atoms with Gasteiger partial charge in [-0.3, -0.25) is 0 Å². The van der Waals surface area contributed by atoms with E-state index < -0.39 is 11.6 Å². The number of thiophene rings is 1. The molecule has 0 amide bonds. The maximum atomic E-state index is 13.7. The normalized spacial score (nSPS) is 11.0. The monoisotopic (exact) mass is 355 g/mol. The fourth-order valence-corrected chi connectivity index (χ4v) is 3.12. The van der Waals surface area contributed by atoms with Gasteiger partial charge in [0, 0.05) is 5.39 Å². The molecular formula is C14H8BrF2NOS. The van der Waals surface area contributed by atoms with Crippen LogP contribution in [-0.4, -0.2) is 4.98 Å². The number of hydrogen-bond acceptors (Lipinski definition) is 3. The number of nitrogens with zero attached hydrogens (tertiary/aromatic N) is 1. The second kappa shape index (κ2) is 5.10. The van der Waals surface area contributed by atoms with Crippen molar-refractivity contribution in [3.8, 4) is 10.8 Å². The molecule has 0 aliphatic rings. The van der Waals surface area contributed by atoms with Crippen molar-refractivity contribution in [3.63, 3.8) is 0 Å². The summed E-state index contributed by atoms with van der Waals surface area (Å²) >= 11 is 4.81. The molecule has 0 aliphatic heterocycles. The summed E-state index contributed by atoms with van der Waals surface area (Å²) in [6, 6.07) is 6.10. The first-order valence-electron chi connectivity index (χ1n) is 5.72. The Kier molecular flexibility index (Phi) is 3.43. The summed E-state index contributed by atoms with van der Waals surface area (Å²) in [5, 5.41) is 3.08. The summed E-state index contributed by atoms with van der Waals surface area (Å²) in [5.41, 5.74) is 0.516. The van der Waals surface area contributed by atoms with Crippen LogP contribution in [0.4, 0.5) is 8.78 Å². The molecule has 0 aliphatic carbocycles. The zero-order valence-electron chi connectivity index (χ0n) is 10.3. The Hall–Kier alpha value is -1.53. The number of pyridine rings is 1. The molecule has 20 heavy (non-hydrogen) atoms. The van der Waals surface area contributed by atoms with Gasteiger partial charge in [0.05, 0.1) is 10.2 Å². The Bertz CT molecular complexity index is 803. The van der Waals surface area contributed by atoms with Gasteiger partial charge >= 0.3 is 0 Å². The minimum absolute atomic E-state index is 0.0140. The number of benzene rings is 1. The lowest BCUT2D eigenvalue weighted by molar-refractivity contribution is 0.486. The number of hydrogen-bond donors (Lipinski definition) is 0. The third kappa shape index (κ3) is 2.29. The van der Waals surface area contributed by atoms with Crippen molar-refractivity contribution in [3.05, 3.63) is 51.4 Å². The third-order valence-electron chi connectivity index (χ3n) is 2.81. The van der Waals surface area contributed by atoms with E-state index >= 15 is 0 Å². The zero-order chi connectivity index (χ0) is 14.3. The van der Waals surface area contributed by atoms with E-state index in [4.69, 9.17) is 4.74 Å². The quantitative estimate of drug-likeness (QED) is 0.610. The maximum absolute atomic E-state index is 13.7. The standard InChI is InChI=1S/C14H8BrF2NOS/c1-7-11(19-14-9(15)4-5-20-14)6-8-2-3-10(16)12(17)13(8)18-7/h2-6H,1H3. The van der Waals surface area contributed by atoms with Crippen LogP contribution in [0.25, 0.3) is 10.9 Å². The minimum atomic E-state index is -0.936. The molecule has 0 atom stereocenters. The fourth-order valence-electron chi connectivity index (χ4n) is 1.81. The molecule has 102 valence electrons. The van der Waals surface area contributed by atoms with Crippen molar-refractivity contribution < 1.29 is 13.5 Å². The molecule has 3 aromatic rings. The molecule has 0 spiro atoms. The molecule has 0 unspecified atom stereocenters. The molecule has 6 heteroatoms. The van der Waals surface area contributed by atoms with Crippen LogP contribution in [0.1, 0.15) is 5.69 Å². The van der Waals surface area contributed by atoms with E-state index in [0.717, 1.165) is 10.5 Å². The highest BCUT2D eigenvalue weighted by Crippen LogP contribution is 2.36. The summed E-state index contributed by atoms with van der Waals surface area (Å²) in [7, 11) is 0. The molecule has 0 bridgehead atoms. The second-order valence-electron chi connectivity index (χ2n) is 4.16. The predicted octanol–water partition coefficient (Wildman–Crippen LogP) is 5.44. The first-order valence-corrected chi connectivity index (χ1v) is 7.39. The summed E-state index contributed by atoms with van der Waals surface area (Å²) in [4.78, 5) is 4.10. The van der Waals surface area contributed by atoms with E-state index in [0.29, 0.717) is 21.9 Å². The number of rotatable bonds is 2. The van der Waals surface area contributed by atoms with Crippen LogP contribution in [-0.2, 0) is 0 Å². The third-order valence-corrected chi connectivity index (χ3v) is 4.49. The molecule has 1 aromatic carbocycles. The van der Waals surface area contributed by atoms with E-state index in [1.165, 1.54) is 17.4 Å². The molecule has 0 saturated carbocycles. The summed E-state index contributed by atoms with van der Waals surface area (Å²) < 4.78 is 33.4. The number of halogens is 3. The Labute approximate surface area is 126 Å². The Balaban J connectivity index is 2.11. The van der Waals surface area contributed by atoms with E-state index in [-0.39, 0.29) is 5.52 Å². The van der Waals surface area contributed by atoms with Gasteiger partial charge < -0.3 is 4.74 Å². The number of fused-ring (bicyclic) bond motifs is 1. The van der Waals surface area contributed by atoms with E-state index in [9.17, 15) is 8.78 Å². The molecule has 2 heterocycles. The molecule has 0 N–H and O–H groups in total. The number of ether oxygens (including phenoxy) is 1. The lowest BCUT2D eigenvalue weighted by Gasteiger charge is -2.09. The molecule has 2 aromatic heterocycles. The van der Waals surface area contributed by atoms with Crippen molar-refractivity contribution in [1.82, 2.24) is 4.98 Å². The molecule has 3 rings (SSSR count). The molecule has 0 fully saturated rings. The highest BCUT2D eigenvalue weighted by molar-refractivity contribution is 9.10. The van der Waals surface area contributed by atoms with Crippen LogP contribution in [0.15, 0.2) is 34.1 Å². The Morgan fingerprint density at radius 3 is 2.75 bits per heavy atom. The molecule has 0 saturated heterocycles. The van der Waals surface area contributed by atoms with Gasteiger partial charge in [0.25, 0.3) is 0 Å². The van der Waals surface area contributed by atoms with Gasteiger partial charge in [-0.2, -0.15) is 0 Å².